The quantitative estimate of drug-likeness (QED) is 0.333. The summed E-state index contributed by atoms with van der Waals surface area (Å²) in [4.78, 5) is 17.6. The van der Waals surface area contributed by atoms with Crippen LogP contribution in [0.1, 0.15) is 50.2 Å². The van der Waals surface area contributed by atoms with Gasteiger partial charge in [-0.2, -0.15) is 5.26 Å². The predicted octanol–water partition coefficient (Wildman–Crippen LogP) is 5.49. The Balaban J connectivity index is 1.49. The van der Waals surface area contributed by atoms with E-state index in [9.17, 15) is 10.1 Å². The summed E-state index contributed by atoms with van der Waals surface area (Å²) in [6.07, 6.45) is 4.32. The van der Waals surface area contributed by atoms with Crippen LogP contribution in [0.5, 0.6) is 0 Å². The lowest BCUT2D eigenvalue weighted by Gasteiger charge is -2.45. The lowest BCUT2D eigenvalue weighted by Crippen LogP contribution is -2.49. The van der Waals surface area contributed by atoms with Crippen LogP contribution in [0.4, 0.5) is 5.69 Å². The maximum atomic E-state index is 11.8. The number of rotatable bonds is 5. The van der Waals surface area contributed by atoms with Gasteiger partial charge in [0.25, 0.3) is 0 Å². The van der Waals surface area contributed by atoms with Crippen molar-refractivity contribution in [2.75, 3.05) is 19.6 Å². The highest BCUT2D eigenvalue weighted by Gasteiger charge is 2.53. The summed E-state index contributed by atoms with van der Waals surface area (Å²) in [7, 11) is 0. The van der Waals surface area contributed by atoms with Crippen molar-refractivity contribution >= 4 is 11.7 Å². The van der Waals surface area contributed by atoms with Gasteiger partial charge in [-0.3, -0.25) is 9.69 Å². The molecule has 0 aromatic heterocycles. The summed E-state index contributed by atoms with van der Waals surface area (Å²) in [5.41, 5.74) is 1.92. The molecule has 3 atom stereocenters. The van der Waals surface area contributed by atoms with E-state index in [1.807, 2.05) is 30.3 Å². The second kappa shape index (κ2) is 11.2. The molecule has 1 saturated carbocycles. The average Bonchev–Trinajstić information content (AvgIpc) is 3.34. The lowest BCUT2D eigenvalue weighted by atomic mass is 9.59. The zero-order chi connectivity index (χ0) is 24.7. The Hall–Kier alpha value is -3.59. The Bertz CT molecular complexity index is 1160. The van der Waals surface area contributed by atoms with Crippen molar-refractivity contribution in [1.82, 2.24) is 4.90 Å². The zero-order valence-electron chi connectivity index (χ0n) is 20.2. The maximum Gasteiger partial charge on any atom is 0.302 e. The number of nitriles is 1. The molecule has 0 spiro atoms. The third-order valence-corrected chi connectivity index (χ3v) is 7.55. The number of carbonyl (C=O) groups excluding carboxylic acids is 1. The van der Waals surface area contributed by atoms with E-state index >= 15 is 0 Å². The number of hydrogen-bond acceptors (Lipinski definition) is 4. The Kier molecular flexibility index (Phi) is 7.87. The fourth-order valence-corrected chi connectivity index (χ4v) is 5.93. The minimum Gasteiger partial charge on any atom is -0.462 e. The second-order valence-electron chi connectivity index (χ2n) is 9.54. The van der Waals surface area contributed by atoms with Gasteiger partial charge in [-0.05, 0) is 56.7 Å². The van der Waals surface area contributed by atoms with Gasteiger partial charge in [-0.25, -0.2) is 4.85 Å². The van der Waals surface area contributed by atoms with Crippen molar-refractivity contribution < 1.29 is 9.53 Å². The van der Waals surface area contributed by atoms with Gasteiger partial charge >= 0.3 is 5.97 Å². The molecule has 0 radical (unpaired) electrons. The highest BCUT2D eigenvalue weighted by Crippen LogP contribution is 2.50. The van der Waals surface area contributed by atoms with Crippen molar-refractivity contribution in [3.05, 3.63) is 77.1 Å². The van der Waals surface area contributed by atoms with Crippen LogP contribution < -0.4 is 0 Å². The summed E-state index contributed by atoms with van der Waals surface area (Å²) in [5.74, 6) is 6.40. The van der Waals surface area contributed by atoms with Crippen LogP contribution in [0.3, 0.4) is 0 Å². The molecule has 2 aliphatic rings. The number of nitrogens with zero attached hydrogens (tertiary/aromatic N) is 3. The van der Waals surface area contributed by atoms with Gasteiger partial charge in [-0.1, -0.05) is 66.4 Å². The molecule has 5 heteroatoms. The second-order valence-corrected chi connectivity index (χ2v) is 9.54. The number of piperidine rings is 1. The monoisotopic (exact) mass is 465 g/mol. The number of hydrogen-bond donors (Lipinski definition) is 0. The van der Waals surface area contributed by atoms with Crippen molar-refractivity contribution in [2.45, 2.75) is 50.5 Å². The largest absolute Gasteiger partial charge is 0.462 e. The fourth-order valence-electron chi connectivity index (χ4n) is 5.93. The summed E-state index contributed by atoms with van der Waals surface area (Å²) in [6.45, 7) is 11.0. The molecule has 2 aromatic rings. The smallest absolute Gasteiger partial charge is 0.302 e. The van der Waals surface area contributed by atoms with Gasteiger partial charge in [0.15, 0.2) is 5.69 Å². The molecule has 35 heavy (non-hydrogen) atoms. The molecule has 0 bridgehead atoms. The standard InChI is InChI=1S/C30H31N3O2/c1-23(34)35-29-12-6-11-28(29)30(22-31,25-9-4-3-5-10-25)26-17-20-33(21-18-26)19-7-8-24-13-15-27(32-2)16-14-24/h3-5,9-10,13-16,26,28-29H,6,11-12,17-21H2,1H3/t28-,29-,30?/m1/s1. The highest BCUT2D eigenvalue weighted by atomic mass is 16.5. The van der Waals surface area contributed by atoms with E-state index in [-0.39, 0.29) is 23.9 Å². The number of carbonyl (C=O) groups is 1. The first-order valence-electron chi connectivity index (χ1n) is 12.4. The van der Waals surface area contributed by atoms with Crippen LogP contribution in [0.15, 0.2) is 54.6 Å². The molecule has 1 aliphatic heterocycles. The number of likely N-dealkylation sites (tertiary alicyclic amines) is 1. The molecular weight excluding hydrogens is 434 g/mol. The average molecular weight is 466 g/mol. The van der Waals surface area contributed by atoms with Crippen LogP contribution in [-0.4, -0.2) is 36.6 Å². The molecule has 1 aliphatic carbocycles. The molecule has 2 fully saturated rings. The van der Waals surface area contributed by atoms with Crippen LogP contribution >= 0.6 is 0 Å². The summed E-state index contributed by atoms with van der Waals surface area (Å²) < 4.78 is 5.74. The predicted molar refractivity (Wildman–Crippen MR) is 135 cm³/mol. The Morgan fingerprint density at radius 2 is 1.83 bits per heavy atom. The number of esters is 1. The SMILES string of the molecule is [C-]#[N+]c1ccc(C#CCN2CCC(C(C#N)(c3ccccc3)[C@@H]3CCC[C@H]3OC(C)=O)CC2)cc1. The molecule has 1 heterocycles. The Morgan fingerprint density at radius 3 is 2.46 bits per heavy atom. The number of benzene rings is 2. The topological polar surface area (TPSA) is 57.7 Å². The van der Waals surface area contributed by atoms with Gasteiger partial charge in [0.1, 0.15) is 6.10 Å². The first-order valence-corrected chi connectivity index (χ1v) is 12.4. The molecular formula is C30H31N3O2. The van der Waals surface area contributed by atoms with Crippen LogP contribution in [-0.2, 0) is 14.9 Å². The summed E-state index contributed by atoms with van der Waals surface area (Å²) in [6, 6.07) is 20.3. The molecule has 178 valence electrons. The third kappa shape index (κ3) is 5.40. The normalized spacial score (nSPS) is 22.1. The van der Waals surface area contributed by atoms with Crippen LogP contribution in [0.2, 0.25) is 0 Å². The van der Waals surface area contributed by atoms with Crippen LogP contribution in [0, 0.1) is 41.6 Å². The first-order chi connectivity index (χ1) is 17.1. The molecule has 5 nitrogen and oxygen atoms in total. The van der Waals surface area contributed by atoms with E-state index in [0.717, 1.165) is 56.3 Å². The number of ether oxygens (including phenoxy) is 1. The molecule has 0 N–H and O–H groups in total. The first kappa shape index (κ1) is 24.5. The van der Waals surface area contributed by atoms with Crippen molar-refractivity contribution in [1.29, 1.82) is 5.26 Å². The van der Waals surface area contributed by atoms with Crippen molar-refractivity contribution in [3.8, 4) is 17.9 Å². The van der Waals surface area contributed by atoms with E-state index in [4.69, 9.17) is 11.3 Å². The third-order valence-electron chi connectivity index (χ3n) is 7.55. The van der Waals surface area contributed by atoms with Gasteiger partial charge in [-0.15, -0.1) is 0 Å². The maximum absolute atomic E-state index is 11.8. The van der Waals surface area contributed by atoms with Gasteiger partial charge in [0, 0.05) is 18.4 Å². The highest BCUT2D eigenvalue weighted by molar-refractivity contribution is 5.66. The minimum atomic E-state index is -0.666. The van der Waals surface area contributed by atoms with E-state index < -0.39 is 5.41 Å². The van der Waals surface area contributed by atoms with E-state index in [1.165, 1.54) is 6.92 Å². The Morgan fingerprint density at radius 1 is 1.11 bits per heavy atom. The lowest BCUT2D eigenvalue weighted by molar-refractivity contribution is -0.149. The molecule has 0 amide bonds. The molecule has 1 saturated heterocycles. The van der Waals surface area contributed by atoms with Gasteiger partial charge < -0.3 is 4.74 Å². The van der Waals surface area contributed by atoms with Gasteiger partial charge in [0.05, 0.1) is 24.6 Å². The molecule has 4 rings (SSSR count). The minimum absolute atomic E-state index is 0.00793. The zero-order valence-corrected chi connectivity index (χ0v) is 20.2. The fraction of sp³-hybridized carbons (Fsp3) is 0.433. The Labute approximate surface area is 208 Å². The van der Waals surface area contributed by atoms with Crippen molar-refractivity contribution in [3.63, 3.8) is 0 Å². The van der Waals surface area contributed by atoms with Crippen LogP contribution in [0.25, 0.3) is 4.85 Å². The van der Waals surface area contributed by atoms with E-state index in [0.29, 0.717) is 12.2 Å². The van der Waals surface area contributed by atoms with Crippen molar-refractivity contribution in [2.24, 2.45) is 11.8 Å². The molecule has 2 aromatic carbocycles. The van der Waals surface area contributed by atoms with Gasteiger partial charge in [0.2, 0.25) is 0 Å². The van der Waals surface area contributed by atoms with E-state index in [2.05, 4.69) is 39.8 Å². The summed E-state index contributed by atoms with van der Waals surface area (Å²) >= 11 is 0. The van der Waals surface area contributed by atoms with E-state index in [1.54, 1.807) is 12.1 Å². The summed E-state index contributed by atoms with van der Waals surface area (Å²) in [5, 5.41) is 10.7. The molecule has 1 unspecified atom stereocenters.